The smallest absolute Gasteiger partial charge is 0.272 e. The van der Waals surface area contributed by atoms with Crippen molar-refractivity contribution in [3.8, 4) is 0 Å². The quantitative estimate of drug-likeness (QED) is 0.612. The SMILES string of the molecule is CN(CCc1ccccc1[N+](=O)[O-])C1CNC1. The average molecular weight is 235 g/mol. The number of likely N-dealkylation sites (N-methyl/N-ethyl adjacent to an activating group) is 1. The highest BCUT2D eigenvalue weighted by Crippen LogP contribution is 2.18. The van der Waals surface area contributed by atoms with Crippen LogP contribution >= 0.6 is 0 Å². The van der Waals surface area contributed by atoms with Crippen LogP contribution in [0.1, 0.15) is 5.56 Å². The highest BCUT2D eigenvalue weighted by molar-refractivity contribution is 5.39. The summed E-state index contributed by atoms with van der Waals surface area (Å²) in [5.74, 6) is 0. The van der Waals surface area contributed by atoms with E-state index in [0.29, 0.717) is 6.04 Å². The molecule has 0 saturated carbocycles. The summed E-state index contributed by atoms with van der Waals surface area (Å²) in [5, 5.41) is 14.1. The number of nitrogens with one attached hydrogen (secondary N) is 1. The fourth-order valence-electron chi connectivity index (χ4n) is 1.96. The van der Waals surface area contributed by atoms with Crippen molar-refractivity contribution in [2.75, 3.05) is 26.7 Å². The van der Waals surface area contributed by atoms with Gasteiger partial charge in [-0.15, -0.1) is 0 Å². The summed E-state index contributed by atoms with van der Waals surface area (Å²) >= 11 is 0. The van der Waals surface area contributed by atoms with E-state index in [1.165, 1.54) is 0 Å². The lowest BCUT2D eigenvalue weighted by Crippen LogP contribution is -2.56. The molecule has 0 bridgehead atoms. The Balaban J connectivity index is 1.95. The molecule has 1 aliphatic heterocycles. The average Bonchev–Trinajstić information content (AvgIpc) is 2.24. The van der Waals surface area contributed by atoms with Gasteiger partial charge in [-0.25, -0.2) is 0 Å². The van der Waals surface area contributed by atoms with Gasteiger partial charge in [-0.05, 0) is 13.5 Å². The first-order valence-electron chi connectivity index (χ1n) is 5.81. The van der Waals surface area contributed by atoms with Gasteiger partial charge >= 0.3 is 0 Å². The van der Waals surface area contributed by atoms with Crippen LogP contribution in [0.3, 0.4) is 0 Å². The van der Waals surface area contributed by atoms with Crippen LogP contribution in [-0.2, 0) is 6.42 Å². The summed E-state index contributed by atoms with van der Waals surface area (Å²) in [4.78, 5) is 12.8. The molecule has 92 valence electrons. The molecule has 1 fully saturated rings. The summed E-state index contributed by atoms with van der Waals surface area (Å²) in [6.45, 7) is 2.90. The Morgan fingerprint density at radius 1 is 1.47 bits per heavy atom. The van der Waals surface area contributed by atoms with E-state index in [9.17, 15) is 10.1 Å². The maximum Gasteiger partial charge on any atom is 0.272 e. The number of rotatable bonds is 5. The maximum atomic E-state index is 10.8. The van der Waals surface area contributed by atoms with E-state index in [-0.39, 0.29) is 10.6 Å². The highest BCUT2D eigenvalue weighted by atomic mass is 16.6. The van der Waals surface area contributed by atoms with Gasteiger partial charge < -0.3 is 10.2 Å². The predicted octanol–water partition coefficient (Wildman–Crippen LogP) is 1.04. The monoisotopic (exact) mass is 235 g/mol. The molecule has 1 heterocycles. The van der Waals surface area contributed by atoms with Crippen LogP contribution in [0.15, 0.2) is 24.3 Å². The second kappa shape index (κ2) is 5.25. The van der Waals surface area contributed by atoms with Crippen LogP contribution in [0, 0.1) is 10.1 Å². The highest BCUT2D eigenvalue weighted by Gasteiger charge is 2.21. The fraction of sp³-hybridized carbons (Fsp3) is 0.500. The predicted molar refractivity (Wildman–Crippen MR) is 66.1 cm³/mol. The van der Waals surface area contributed by atoms with Crippen LogP contribution in [0.5, 0.6) is 0 Å². The number of nitro groups is 1. The zero-order valence-corrected chi connectivity index (χ0v) is 9.93. The topological polar surface area (TPSA) is 58.4 Å². The maximum absolute atomic E-state index is 10.8. The number of hydrogen-bond acceptors (Lipinski definition) is 4. The third kappa shape index (κ3) is 2.81. The van der Waals surface area contributed by atoms with Gasteiger partial charge in [0.15, 0.2) is 0 Å². The minimum Gasteiger partial charge on any atom is -0.314 e. The Hall–Kier alpha value is -1.46. The van der Waals surface area contributed by atoms with E-state index in [1.807, 2.05) is 12.1 Å². The number of nitrogens with zero attached hydrogens (tertiary/aromatic N) is 2. The first-order chi connectivity index (χ1) is 8.18. The molecule has 1 aliphatic rings. The molecule has 0 aliphatic carbocycles. The molecule has 2 rings (SSSR count). The van der Waals surface area contributed by atoms with Crippen molar-refractivity contribution in [1.82, 2.24) is 10.2 Å². The number of para-hydroxylation sites is 1. The molecule has 0 radical (unpaired) electrons. The zero-order valence-electron chi connectivity index (χ0n) is 9.93. The van der Waals surface area contributed by atoms with Crippen molar-refractivity contribution >= 4 is 5.69 Å². The normalized spacial score (nSPS) is 15.9. The van der Waals surface area contributed by atoms with Gasteiger partial charge in [-0.2, -0.15) is 0 Å². The molecule has 0 aromatic heterocycles. The molecular weight excluding hydrogens is 218 g/mol. The Morgan fingerprint density at radius 2 is 2.18 bits per heavy atom. The standard InChI is InChI=1S/C12H17N3O2/c1-14(11-8-13-9-11)7-6-10-4-2-3-5-12(10)15(16)17/h2-5,11,13H,6-9H2,1H3. The molecule has 0 amide bonds. The summed E-state index contributed by atoms with van der Waals surface area (Å²) < 4.78 is 0. The van der Waals surface area contributed by atoms with Crippen LogP contribution in [0.2, 0.25) is 0 Å². The zero-order chi connectivity index (χ0) is 12.3. The van der Waals surface area contributed by atoms with E-state index in [1.54, 1.807) is 12.1 Å². The lowest BCUT2D eigenvalue weighted by Gasteiger charge is -2.35. The molecule has 5 heteroatoms. The number of benzene rings is 1. The van der Waals surface area contributed by atoms with E-state index in [4.69, 9.17) is 0 Å². The second-order valence-corrected chi connectivity index (χ2v) is 4.43. The van der Waals surface area contributed by atoms with E-state index < -0.39 is 0 Å². The van der Waals surface area contributed by atoms with Crippen molar-refractivity contribution in [1.29, 1.82) is 0 Å². The third-order valence-electron chi connectivity index (χ3n) is 3.31. The lowest BCUT2D eigenvalue weighted by atomic mass is 10.1. The van der Waals surface area contributed by atoms with Gasteiger partial charge in [-0.1, -0.05) is 18.2 Å². The molecule has 0 atom stereocenters. The van der Waals surface area contributed by atoms with Gasteiger partial charge in [0.25, 0.3) is 5.69 Å². The molecule has 1 N–H and O–H groups in total. The van der Waals surface area contributed by atoms with Gasteiger partial charge in [0.05, 0.1) is 4.92 Å². The molecule has 1 saturated heterocycles. The lowest BCUT2D eigenvalue weighted by molar-refractivity contribution is -0.385. The number of nitro benzene ring substituents is 1. The van der Waals surface area contributed by atoms with E-state index in [0.717, 1.165) is 31.6 Å². The van der Waals surface area contributed by atoms with E-state index in [2.05, 4.69) is 17.3 Å². The first-order valence-corrected chi connectivity index (χ1v) is 5.81. The third-order valence-corrected chi connectivity index (χ3v) is 3.31. The second-order valence-electron chi connectivity index (χ2n) is 4.43. The summed E-state index contributed by atoms with van der Waals surface area (Å²) in [6, 6.07) is 7.55. The molecule has 17 heavy (non-hydrogen) atoms. The van der Waals surface area contributed by atoms with Crippen LogP contribution in [0.25, 0.3) is 0 Å². The molecule has 1 aromatic rings. The fourth-order valence-corrected chi connectivity index (χ4v) is 1.96. The first kappa shape index (κ1) is 12.0. The van der Waals surface area contributed by atoms with Crippen molar-refractivity contribution in [3.05, 3.63) is 39.9 Å². The molecule has 0 unspecified atom stereocenters. The minimum atomic E-state index is -0.305. The molecule has 0 spiro atoms. The minimum absolute atomic E-state index is 0.229. The largest absolute Gasteiger partial charge is 0.314 e. The Bertz CT molecular complexity index is 404. The van der Waals surface area contributed by atoms with Crippen LogP contribution in [0.4, 0.5) is 5.69 Å². The van der Waals surface area contributed by atoms with Crippen LogP contribution < -0.4 is 5.32 Å². The molecule has 5 nitrogen and oxygen atoms in total. The number of hydrogen-bond donors (Lipinski definition) is 1. The van der Waals surface area contributed by atoms with Crippen molar-refractivity contribution in [3.63, 3.8) is 0 Å². The van der Waals surface area contributed by atoms with E-state index >= 15 is 0 Å². The van der Waals surface area contributed by atoms with Gasteiger partial charge in [0, 0.05) is 37.3 Å². The summed E-state index contributed by atoms with van der Waals surface area (Å²) in [7, 11) is 2.07. The van der Waals surface area contributed by atoms with Gasteiger partial charge in [0.2, 0.25) is 0 Å². The van der Waals surface area contributed by atoms with Crippen molar-refractivity contribution in [2.24, 2.45) is 0 Å². The summed E-state index contributed by atoms with van der Waals surface area (Å²) in [6.07, 6.45) is 0.726. The molecular formula is C12H17N3O2. The van der Waals surface area contributed by atoms with Crippen molar-refractivity contribution in [2.45, 2.75) is 12.5 Å². The van der Waals surface area contributed by atoms with Crippen LogP contribution in [-0.4, -0.2) is 42.5 Å². The Labute approximate surface area is 101 Å². The van der Waals surface area contributed by atoms with Crippen molar-refractivity contribution < 1.29 is 4.92 Å². The molecule has 1 aromatic carbocycles. The van der Waals surface area contributed by atoms with Gasteiger partial charge in [-0.3, -0.25) is 10.1 Å². The van der Waals surface area contributed by atoms with Gasteiger partial charge in [0.1, 0.15) is 0 Å². The summed E-state index contributed by atoms with van der Waals surface area (Å²) in [5.41, 5.74) is 1.05. The Morgan fingerprint density at radius 3 is 2.76 bits per heavy atom. The Kier molecular flexibility index (Phi) is 3.71.